The molecule has 1 amide bonds. The molecule has 0 unspecified atom stereocenters. The smallest absolute Gasteiger partial charge is 0.255 e. The first kappa shape index (κ1) is 21.6. The topological polar surface area (TPSA) is 81.1 Å². The van der Waals surface area contributed by atoms with Gasteiger partial charge in [-0.3, -0.25) is 4.79 Å². The van der Waals surface area contributed by atoms with E-state index in [0.29, 0.717) is 5.92 Å². The monoisotopic (exact) mass is 459 g/mol. The van der Waals surface area contributed by atoms with E-state index in [9.17, 15) is 4.79 Å². The van der Waals surface area contributed by atoms with Gasteiger partial charge in [-0.2, -0.15) is 5.10 Å². The van der Waals surface area contributed by atoms with Crippen LogP contribution in [-0.2, 0) is 30.5 Å². The van der Waals surface area contributed by atoms with Gasteiger partial charge >= 0.3 is 0 Å². The molecule has 7 heteroatoms. The lowest BCUT2D eigenvalue weighted by Gasteiger charge is -2.26. The van der Waals surface area contributed by atoms with Crippen molar-refractivity contribution < 1.29 is 9.53 Å². The number of rotatable bonds is 7. The van der Waals surface area contributed by atoms with Crippen LogP contribution in [0.1, 0.15) is 59.8 Å². The van der Waals surface area contributed by atoms with Gasteiger partial charge in [-0.15, -0.1) is 0 Å². The van der Waals surface area contributed by atoms with Crippen LogP contribution in [0.5, 0.6) is 0 Å². The summed E-state index contributed by atoms with van der Waals surface area (Å²) in [5.41, 5.74) is 6.08. The van der Waals surface area contributed by atoms with Crippen molar-refractivity contribution in [1.29, 1.82) is 0 Å². The number of anilines is 1. The molecule has 0 bridgehead atoms. The van der Waals surface area contributed by atoms with Crippen LogP contribution in [0.25, 0.3) is 11.0 Å². The molecule has 3 heterocycles. The largest absolute Gasteiger partial charge is 0.381 e. The SMILES string of the molecule is CCn1ncc2c(NC3CCOCC3)c(C(=O)NC3Cc4ccccc4C3)c(CC3CC3)nc21. The molecule has 2 N–H and O–H groups in total. The molecule has 2 fully saturated rings. The average molecular weight is 460 g/mol. The molecular weight excluding hydrogens is 426 g/mol. The Labute approximate surface area is 200 Å². The predicted molar refractivity (Wildman–Crippen MR) is 132 cm³/mol. The second kappa shape index (κ2) is 9.02. The van der Waals surface area contributed by atoms with E-state index in [4.69, 9.17) is 9.72 Å². The Morgan fingerprint density at radius 1 is 1.09 bits per heavy atom. The lowest BCUT2D eigenvalue weighted by Crippen LogP contribution is -2.37. The Balaban J connectivity index is 1.38. The van der Waals surface area contributed by atoms with Gasteiger partial charge in [-0.05, 0) is 68.9 Å². The number of benzene rings is 1. The first-order valence-electron chi connectivity index (χ1n) is 12.8. The van der Waals surface area contributed by atoms with Crippen molar-refractivity contribution in [3.05, 3.63) is 52.8 Å². The molecule has 1 saturated carbocycles. The van der Waals surface area contributed by atoms with E-state index in [-0.39, 0.29) is 18.0 Å². The maximum atomic E-state index is 13.9. The standard InChI is InChI=1S/C27H33N5O2/c1-2-32-26-22(16-28-32)25(29-20-9-11-34-12-10-20)24(23(31-26)13-17-7-8-17)27(33)30-21-14-18-5-3-4-6-19(18)15-21/h3-6,16-17,20-21H,2,7-15H2,1H3,(H,29,31)(H,30,33). The summed E-state index contributed by atoms with van der Waals surface area (Å²) >= 11 is 0. The molecule has 1 aromatic carbocycles. The van der Waals surface area contributed by atoms with Crippen LogP contribution >= 0.6 is 0 Å². The number of carbonyl (C=O) groups is 1. The van der Waals surface area contributed by atoms with E-state index in [0.717, 1.165) is 79.8 Å². The zero-order valence-electron chi connectivity index (χ0n) is 19.8. The fourth-order valence-electron chi connectivity index (χ4n) is 5.47. The van der Waals surface area contributed by atoms with Gasteiger partial charge in [-0.25, -0.2) is 9.67 Å². The van der Waals surface area contributed by atoms with Crippen molar-refractivity contribution in [2.45, 2.75) is 70.5 Å². The highest BCUT2D eigenvalue weighted by atomic mass is 16.5. The van der Waals surface area contributed by atoms with Gasteiger partial charge in [0.15, 0.2) is 5.65 Å². The Morgan fingerprint density at radius 2 is 1.82 bits per heavy atom. The lowest BCUT2D eigenvalue weighted by atomic mass is 10.0. The van der Waals surface area contributed by atoms with Gasteiger partial charge in [0.1, 0.15) is 0 Å². The number of carbonyl (C=O) groups excluding carboxylic acids is 1. The van der Waals surface area contributed by atoms with Gasteiger partial charge in [0, 0.05) is 31.8 Å². The van der Waals surface area contributed by atoms with E-state index in [2.05, 4.69) is 46.9 Å². The molecular formula is C27H33N5O2. The van der Waals surface area contributed by atoms with E-state index in [1.54, 1.807) is 0 Å². The first-order chi connectivity index (χ1) is 16.7. The fraction of sp³-hybridized carbons (Fsp3) is 0.519. The number of nitrogens with zero attached hydrogens (tertiary/aromatic N) is 3. The second-order valence-corrected chi connectivity index (χ2v) is 10.0. The van der Waals surface area contributed by atoms with Crippen LogP contribution in [0.2, 0.25) is 0 Å². The Bertz CT molecular complexity index is 1180. The Morgan fingerprint density at radius 3 is 2.50 bits per heavy atom. The fourth-order valence-corrected chi connectivity index (χ4v) is 5.47. The second-order valence-electron chi connectivity index (χ2n) is 10.0. The number of hydrogen-bond donors (Lipinski definition) is 2. The highest BCUT2D eigenvalue weighted by Crippen LogP contribution is 2.37. The highest BCUT2D eigenvalue weighted by molar-refractivity contribution is 6.08. The molecule has 3 aliphatic rings. The molecule has 1 saturated heterocycles. The third-order valence-corrected chi connectivity index (χ3v) is 7.52. The number of fused-ring (bicyclic) bond motifs is 2. The summed E-state index contributed by atoms with van der Waals surface area (Å²) in [5.74, 6) is 0.614. The van der Waals surface area contributed by atoms with E-state index < -0.39 is 0 Å². The van der Waals surface area contributed by atoms with Crippen LogP contribution in [0.4, 0.5) is 5.69 Å². The minimum Gasteiger partial charge on any atom is -0.381 e. The van der Waals surface area contributed by atoms with Crippen LogP contribution in [0, 0.1) is 5.92 Å². The van der Waals surface area contributed by atoms with Crippen molar-refractivity contribution in [3.8, 4) is 0 Å². The van der Waals surface area contributed by atoms with E-state index >= 15 is 0 Å². The summed E-state index contributed by atoms with van der Waals surface area (Å²) in [4.78, 5) is 19.0. The zero-order chi connectivity index (χ0) is 23.1. The molecule has 3 aromatic rings. The number of nitrogens with one attached hydrogen (secondary N) is 2. The summed E-state index contributed by atoms with van der Waals surface area (Å²) in [6, 6.07) is 8.89. The van der Waals surface area contributed by atoms with Gasteiger partial charge < -0.3 is 15.4 Å². The van der Waals surface area contributed by atoms with Crippen LogP contribution in [0.3, 0.4) is 0 Å². The number of ether oxygens (including phenoxy) is 1. The van der Waals surface area contributed by atoms with E-state index in [1.165, 1.54) is 24.0 Å². The van der Waals surface area contributed by atoms with Crippen molar-refractivity contribution in [2.24, 2.45) is 5.92 Å². The van der Waals surface area contributed by atoms with Crippen molar-refractivity contribution >= 4 is 22.6 Å². The number of pyridine rings is 1. The molecule has 34 heavy (non-hydrogen) atoms. The molecule has 0 atom stereocenters. The third kappa shape index (κ3) is 4.17. The molecule has 1 aliphatic heterocycles. The molecule has 178 valence electrons. The maximum absolute atomic E-state index is 13.9. The predicted octanol–water partition coefficient (Wildman–Crippen LogP) is 3.89. The molecule has 2 aliphatic carbocycles. The minimum absolute atomic E-state index is 0.0123. The number of aromatic nitrogens is 3. The van der Waals surface area contributed by atoms with Gasteiger partial charge in [0.2, 0.25) is 0 Å². The third-order valence-electron chi connectivity index (χ3n) is 7.52. The molecule has 0 radical (unpaired) electrons. The highest BCUT2D eigenvalue weighted by Gasteiger charge is 2.31. The van der Waals surface area contributed by atoms with Crippen molar-refractivity contribution in [3.63, 3.8) is 0 Å². The lowest BCUT2D eigenvalue weighted by molar-refractivity contribution is 0.0903. The summed E-state index contributed by atoms with van der Waals surface area (Å²) < 4.78 is 7.52. The van der Waals surface area contributed by atoms with Gasteiger partial charge in [-0.1, -0.05) is 24.3 Å². The van der Waals surface area contributed by atoms with Crippen molar-refractivity contribution in [1.82, 2.24) is 20.1 Å². The van der Waals surface area contributed by atoms with Gasteiger partial charge in [0.25, 0.3) is 5.91 Å². The molecule has 0 spiro atoms. The number of amides is 1. The quantitative estimate of drug-likeness (QED) is 0.560. The van der Waals surface area contributed by atoms with Crippen molar-refractivity contribution in [2.75, 3.05) is 18.5 Å². The van der Waals surface area contributed by atoms with E-state index in [1.807, 2.05) is 10.9 Å². The van der Waals surface area contributed by atoms with Crippen LogP contribution < -0.4 is 10.6 Å². The Hall–Kier alpha value is -2.93. The summed E-state index contributed by atoms with van der Waals surface area (Å²) in [6.07, 6.45) is 8.78. The van der Waals surface area contributed by atoms with Gasteiger partial charge in [0.05, 0.1) is 28.5 Å². The normalized spacial score (nSPS) is 18.9. The average Bonchev–Trinajstić information content (AvgIpc) is 3.41. The number of hydrogen-bond acceptors (Lipinski definition) is 5. The Kier molecular flexibility index (Phi) is 5.73. The minimum atomic E-state index is -0.0123. The summed E-state index contributed by atoms with van der Waals surface area (Å²) in [5, 5.41) is 12.7. The summed E-state index contributed by atoms with van der Waals surface area (Å²) in [7, 11) is 0. The maximum Gasteiger partial charge on any atom is 0.255 e. The summed E-state index contributed by atoms with van der Waals surface area (Å²) in [6.45, 7) is 4.33. The number of aryl methyl sites for hydroxylation is 1. The molecule has 2 aromatic heterocycles. The van der Waals surface area contributed by atoms with Crippen LogP contribution in [0.15, 0.2) is 30.5 Å². The van der Waals surface area contributed by atoms with Crippen LogP contribution in [-0.4, -0.2) is 46.0 Å². The first-order valence-corrected chi connectivity index (χ1v) is 12.8. The zero-order valence-corrected chi connectivity index (χ0v) is 19.8. The molecule has 7 nitrogen and oxygen atoms in total. The molecule has 6 rings (SSSR count).